The van der Waals surface area contributed by atoms with Gasteiger partial charge in [0, 0.05) is 12.7 Å². The van der Waals surface area contributed by atoms with Gasteiger partial charge >= 0.3 is 0 Å². The van der Waals surface area contributed by atoms with Gasteiger partial charge in [0.15, 0.2) is 0 Å². The highest BCUT2D eigenvalue weighted by atomic mass is 15.6. The minimum atomic E-state index is 0.884. The maximum absolute atomic E-state index is 3.58. The fraction of sp³-hybridized carbons (Fsp3) is 0.500. The third kappa shape index (κ3) is 5.46. The Labute approximate surface area is 43.7 Å². The van der Waals surface area contributed by atoms with Crippen LogP contribution in [0.2, 0.25) is 0 Å². The van der Waals surface area contributed by atoms with Crippen LogP contribution in [-0.2, 0) is 0 Å². The van der Waals surface area contributed by atoms with Crippen LogP contribution in [0.4, 0.5) is 0 Å². The highest BCUT2D eigenvalue weighted by molar-refractivity contribution is 4.80. The fourth-order valence-electron chi connectivity index (χ4n) is 0.169. The van der Waals surface area contributed by atoms with Gasteiger partial charge in [0.2, 0.25) is 0 Å². The number of nitrogens with one attached hydrogen (secondary N) is 3. The summed E-state index contributed by atoms with van der Waals surface area (Å²) in [5.74, 6) is 0. The van der Waals surface area contributed by atoms with Gasteiger partial charge in [0.05, 0.1) is 0 Å². The second-order valence-electron chi connectivity index (χ2n) is 1.28. The number of hydrogen-bond acceptors (Lipinski definition) is 3. The Kier molecular flexibility index (Phi) is 3.36. The average molecular weight is 101 g/mol. The third-order valence-electron chi connectivity index (χ3n) is 0.401. The van der Waals surface area contributed by atoms with E-state index < -0.39 is 0 Å². The summed E-state index contributed by atoms with van der Waals surface area (Å²) in [6.45, 7) is 5.44. The van der Waals surface area contributed by atoms with Crippen LogP contribution in [0.1, 0.15) is 6.92 Å². The average Bonchev–Trinajstić information content (AvgIpc) is 1.61. The molecule has 0 fully saturated rings. The van der Waals surface area contributed by atoms with E-state index >= 15 is 0 Å². The summed E-state index contributed by atoms with van der Waals surface area (Å²) in [5.41, 5.74) is 8.95. The molecule has 0 radical (unpaired) electrons. The molecule has 0 atom stereocenters. The van der Waals surface area contributed by atoms with E-state index in [4.69, 9.17) is 0 Å². The molecule has 0 spiro atoms. The van der Waals surface area contributed by atoms with Crippen LogP contribution < -0.4 is 16.4 Å². The van der Waals surface area contributed by atoms with Crippen molar-refractivity contribution in [2.45, 2.75) is 6.92 Å². The quantitative estimate of drug-likeness (QED) is 0.429. The Morgan fingerprint density at radius 1 is 1.57 bits per heavy atom. The molecular formula is C4H11N3. The Balaban J connectivity index is 2.82. The van der Waals surface area contributed by atoms with Crippen molar-refractivity contribution >= 4 is 0 Å². The molecular weight excluding hydrogens is 90.1 g/mol. The molecule has 0 saturated carbocycles. The van der Waals surface area contributed by atoms with Crippen LogP contribution in [-0.4, -0.2) is 7.05 Å². The van der Waals surface area contributed by atoms with E-state index in [9.17, 15) is 0 Å². The summed E-state index contributed by atoms with van der Waals surface area (Å²) >= 11 is 0. The van der Waals surface area contributed by atoms with Crippen molar-refractivity contribution < 1.29 is 0 Å². The zero-order valence-corrected chi connectivity index (χ0v) is 4.71. The maximum Gasteiger partial charge on any atom is 0.0172 e. The number of hydrazine groups is 2. The summed E-state index contributed by atoms with van der Waals surface area (Å²) < 4.78 is 0. The molecule has 0 heterocycles. The van der Waals surface area contributed by atoms with E-state index in [1.807, 2.05) is 6.92 Å². The summed E-state index contributed by atoms with van der Waals surface area (Å²) in [6, 6.07) is 0. The van der Waals surface area contributed by atoms with E-state index in [1.165, 1.54) is 0 Å². The third-order valence-corrected chi connectivity index (χ3v) is 0.401. The van der Waals surface area contributed by atoms with Gasteiger partial charge in [-0.1, -0.05) is 6.58 Å². The highest BCUT2D eigenvalue weighted by Gasteiger charge is 1.72. The monoisotopic (exact) mass is 101 g/mol. The molecule has 3 N–H and O–H groups in total. The lowest BCUT2D eigenvalue weighted by atomic mass is 10.6. The molecule has 0 aliphatic carbocycles. The number of allylic oxidation sites excluding steroid dienone is 1. The lowest BCUT2D eigenvalue weighted by molar-refractivity contribution is 0.523. The summed E-state index contributed by atoms with van der Waals surface area (Å²) in [4.78, 5) is 0. The second kappa shape index (κ2) is 3.64. The summed E-state index contributed by atoms with van der Waals surface area (Å²) in [7, 11) is 1.77. The lowest BCUT2D eigenvalue weighted by Gasteiger charge is -2.02. The van der Waals surface area contributed by atoms with Crippen molar-refractivity contribution in [2.75, 3.05) is 7.05 Å². The molecule has 0 unspecified atom stereocenters. The van der Waals surface area contributed by atoms with Crippen LogP contribution >= 0.6 is 0 Å². The Hall–Kier alpha value is -0.540. The molecule has 3 heteroatoms. The van der Waals surface area contributed by atoms with Gasteiger partial charge in [-0.05, 0) is 6.92 Å². The molecule has 3 nitrogen and oxygen atoms in total. The van der Waals surface area contributed by atoms with Crippen molar-refractivity contribution in [1.29, 1.82) is 0 Å². The molecule has 0 bridgehead atoms. The fourth-order valence-corrected chi connectivity index (χ4v) is 0.169. The predicted molar refractivity (Wildman–Crippen MR) is 30.1 cm³/mol. The molecule has 0 aliphatic rings. The zero-order chi connectivity index (χ0) is 5.70. The largest absolute Gasteiger partial charge is 0.313 e. The van der Waals surface area contributed by atoms with E-state index in [0.29, 0.717) is 0 Å². The van der Waals surface area contributed by atoms with Gasteiger partial charge in [-0.3, -0.25) is 0 Å². The number of rotatable bonds is 3. The van der Waals surface area contributed by atoms with Gasteiger partial charge < -0.3 is 5.43 Å². The minimum Gasteiger partial charge on any atom is -0.313 e. The zero-order valence-electron chi connectivity index (χ0n) is 4.71. The van der Waals surface area contributed by atoms with Crippen LogP contribution in [0.3, 0.4) is 0 Å². The minimum absolute atomic E-state index is 0.884. The topological polar surface area (TPSA) is 36.1 Å². The van der Waals surface area contributed by atoms with Crippen LogP contribution in [0.25, 0.3) is 0 Å². The normalized spacial score (nSPS) is 8.29. The van der Waals surface area contributed by atoms with E-state index in [0.717, 1.165) is 5.70 Å². The van der Waals surface area contributed by atoms with E-state index in [2.05, 4.69) is 23.0 Å². The molecule has 0 amide bonds. The van der Waals surface area contributed by atoms with Crippen LogP contribution in [0.5, 0.6) is 0 Å². The predicted octanol–water partition coefficient (Wildman–Crippen LogP) is -0.251. The first-order valence-corrected chi connectivity index (χ1v) is 2.10. The molecule has 42 valence electrons. The van der Waals surface area contributed by atoms with Crippen molar-refractivity contribution in [3.8, 4) is 0 Å². The van der Waals surface area contributed by atoms with Gasteiger partial charge in [0.1, 0.15) is 0 Å². The summed E-state index contributed by atoms with van der Waals surface area (Å²) in [5, 5.41) is 0. The molecule has 0 rings (SSSR count). The van der Waals surface area contributed by atoms with Crippen molar-refractivity contribution in [3.05, 3.63) is 12.3 Å². The van der Waals surface area contributed by atoms with Gasteiger partial charge in [-0.15, -0.1) is 0 Å². The first kappa shape index (κ1) is 6.46. The van der Waals surface area contributed by atoms with Crippen molar-refractivity contribution in [3.63, 3.8) is 0 Å². The Bertz CT molecular complexity index is 60.0. The standard InChI is InChI=1S/C4H11N3/c1-4(2)6-7-5-3/h5-7H,1H2,2-3H3. The Morgan fingerprint density at radius 2 is 2.14 bits per heavy atom. The van der Waals surface area contributed by atoms with Gasteiger partial charge in [-0.2, -0.15) is 5.53 Å². The maximum atomic E-state index is 3.58. The highest BCUT2D eigenvalue weighted by Crippen LogP contribution is 1.68. The molecule has 0 aliphatic heterocycles. The summed E-state index contributed by atoms with van der Waals surface area (Å²) in [6.07, 6.45) is 0. The smallest absolute Gasteiger partial charge is 0.0172 e. The lowest BCUT2D eigenvalue weighted by Crippen LogP contribution is -2.39. The second-order valence-corrected chi connectivity index (χ2v) is 1.28. The first-order valence-electron chi connectivity index (χ1n) is 2.10. The van der Waals surface area contributed by atoms with Crippen molar-refractivity contribution in [1.82, 2.24) is 16.4 Å². The van der Waals surface area contributed by atoms with Crippen LogP contribution in [0.15, 0.2) is 12.3 Å². The molecule has 0 aromatic heterocycles. The van der Waals surface area contributed by atoms with Gasteiger partial charge in [-0.25, -0.2) is 5.43 Å². The number of hydrogen-bond donors (Lipinski definition) is 3. The van der Waals surface area contributed by atoms with E-state index in [1.54, 1.807) is 7.05 Å². The molecule has 0 aromatic rings. The van der Waals surface area contributed by atoms with E-state index in [-0.39, 0.29) is 0 Å². The molecule has 0 saturated heterocycles. The Morgan fingerprint density at radius 3 is 2.29 bits per heavy atom. The van der Waals surface area contributed by atoms with Crippen LogP contribution in [0, 0.1) is 0 Å². The first-order chi connectivity index (χ1) is 3.27. The van der Waals surface area contributed by atoms with Gasteiger partial charge in [0.25, 0.3) is 0 Å². The SMILES string of the molecule is C=C(C)NNNC. The molecule has 0 aromatic carbocycles. The van der Waals surface area contributed by atoms with Crippen molar-refractivity contribution in [2.24, 2.45) is 0 Å². The molecule has 7 heavy (non-hydrogen) atoms.